The van der Waals surface area contributed by atoms with Crippen molar-refractivity contribution in [3.8, 4) is 0 Å². The first-order valence-electron chi connectivity index (χ1n) is 8.98. The Balaban J connectivity index is 1.50. The van der Waals surface area contributed by atoms with Gasteiger partial charge in [0.05, 0.1) is 0 Å². The standard InChI is InChI=1S/C19H26N4OS/c1-13-5-7-15(8-6-13)11-18-22-23-19(25-18)21-17(24)10-14(2)16-4-3-9-20-12-16/h5-8,14,16,20H,3-4,9-12H2,1-2H3,(H,21,23,24). The summed E-state index contributed by atoms with van der Waals surface area (Å²) in [4.78, 5) is 12.3. The van der Waals surface area contributed by atoms with Crippen LogP contribution in [0.3, 0.4) is 0 Å². The van der Waals surface area contributed by atoms with Crippen LogP contribution in [0.15, 0.2) is 24.3 Å². The van der Waals surface area contributed by atoms with Gasteiger partial charge in [-0.05, 0) is 50.3 Å². The van der Waals surface area contributed by atoms with E-state index in [4.69, 9.17) is 0 Å². The van der Waals surface area contributed by atoms with E-state index in [1.165, 1.54) is 35.3 Å². The van der Waals surface area contributed by atoms with Crippen LogP contribution in [0, 0.1) is 18.8 Å². The molecule has 1 fully saturated rings. The molecule has 1 aliphatic rings. The summed E-state index contributed by atoms with van der Waals surface area (Å²) < 4.78 is 0. The Morgan fingerprint density at radius 3 is 2.88 bits per heavy atom. The lowest BCUT2D eigenvalue weighted by Crippen LogP contribution is -2.34. The first-order chi connectivity index (χ1) is 12.1. The SMILES string of the molecule is Cc1ccc(Cc2nnc(NC(=O)CC(C)C3CCCNC3)s2)cc1. The summed E-state index contributed by atoms with van der Waals surface area (Å²) in [6.45, 7) is 6.37. The number of rotatable bonds is 6. The molecular formula is C19H26N4OS. The van der Waals surface area contributed by atoms with Gasteiger partial charge in [0.2, 0.25) is 11.0 Å². The van der Waals surface area contributed by atoms with Gasteiger partial charge >= 0.3 is 0 Å². The molecule has 134 valence electrons. The Hall–Kier alpha value is -1.79. The summed E-state index contributed by atoms with van der Waals surface area (Å²) in [7, 11) is 0. The molecule has 2 aromatic rings. The zero-order chi connectivity index (χ0) is 17.6. The molecule has 25 heavy (non-hydrogen) atoms. The van der Waals surface area contributed by atoms with Crippen LogP contribution in [0.25, 0.3) is 0 Å². The highest BCUT2D eigenvalue weighted by atomic mass is 32.1. The molecule has 0 aliphatic carbocycles. The number of amides is 1. The second-order valence-electron chi connectivity index (χ2n) is 7.00. The minimum atomic E-state index is 0.0381. The van der Waals surface area contributed by atoms with Crippen molar-refractivity contribution >= 4 is 22.4 Å². The molecule has 5 nitrogen and oxygen atoms in total. The topological polar surface area (TPSA) is 66.9 Å². The summed E-state index contributed by atoms with van der Waals surface area (Å²) in [5, 5.41) is 16.2. The van der Waals surface area contributed by atoms with Gasteiger partial charge in [-0.25, -0.2) is 0 Å². The van der Waals surface area contributed by atoms with Crippen molar-refractivity contribution in [3.05, 3.63) is 40.4 Å². The summed E-state index contributed by atoms with van der Waals surface area (Å²) in [5.74, 6) is 1.01. The monoisotopic (exact) mass is 358 g/mol. The number of aromatic nitrogens is 2. The molecule has 2 heterocycles. The number of piperidine rings is 1. The quantitative estimate of drug-likeness (QED) is 0.830. The Bertz CT molecular complexity index is 692. The van der Waals surface area contributed by atoms with E-state index in [0.717, 1.165) is 24.5 Å². The normalized spacial score (nSPS) is 18.7. The largest absolute Gasteiger partial charge is 0.316 e. The molecule has 0 saturated carbocycles. The highest BCUT2D eigenvalue weighted by molar-refractivity contribution is 7.15. The van der Waals surface area contributed by atoms with Gasteiger partial charge in [0.1, 0.15) is 5.01 Å². The Kier molecular flexibility index (Phi) is 6.15. The van der Waals surface area contributed by atoms with Crippen LogP contribution in [0.5, 0.6) is 0 Å². The summed E-state index contributed by atoms with van der Waals surface area (Å²) in [6.07, 6.45) is 3.70. The van der Waals surface area contributed by atoms with Crippen molar-refractivity contribution in [1.82, 2.24) is 15.5 Å². The van der Waals surface area contributed by atoms with Crippen LogP contribution in [0.2, 0.25) is 0 Å². The minimum absolute atomic E-state index is 0.0381. The Morgan fingerprint density at radius 2 is 2.16 bits per heavy atom. The fraction of sp³-hybridized carbons (Fsp3) is 0.526. The van der Waals surface area contributed by atoms with E-state index in [2.05, 4.69) is 58.9 Å². The third-order valence-corrected chi connectivity index (χ3v) is 5.67. The van der Waals surface area contributed by atoms with Gasteiger partial charge in [0.15, 0.2) is 0 Å². The molecule has 0 spiro atoms. The molecular weight excluding hydrogens is 332 g/mol. The highest BCUT2D eigenvalue weighted by Gasteiger charge is 2.22. The van der Waals surface area contributed by atoms with E-state index in [-0.39, 0.29) is 5.91 Å². The highest BCUT2D eigenvalue weighted by Crippen LogP contribution is 2.24. The first kappa shape index (κ1) is 18.0. The molecule has 1 aliphatic heterocycles. The molecule has 1 amide bonds. The number of anilines is 1. The van der Waals surface area contributed by atoms with E-state index in [0.29, 0.717) is 23.4 Å². The summed E-state index contributed by atoms with van der Waals surface area (Å²) in [5.41, 5.74) is 2.45. The average molecular weight is 359 g/mol. The maximum Gasteiger partial charge on any atom is 0.226 e. The van der Waals surface area contributed by atoms with Gasteiger partial charge in [0.25, 0.3) is 0 Å². The van der Waals surface area contributed by atoms with Crippen molar-refractivity contribution in [2.45, 2.75) is 39.5 Å². The number of hydrogen-bond acceptors (Lipinski definition) is 5. The third-order valence-electron chi connectivity index (χ3n) is 4.84. The second-order valence-corrected chi connectivity index (χ2v) is 8.06. The number of nitrogens with one attached hydrogen (secondary N) is 2. The third kappa shape index (κ3) is 5.34. The number of aryl methyl sites for hydroxylation is 1. The first-order valence-corrected chi connectivity index (χ1v) is 9.80. The van der Waals surface area contributed by atoms with E-state index >= 15 is 0 Å². The van der Waals surface area contributed by atoms with Crippen molar-refractivity contribution in [2.24, 2.45) is 11.8 Å². The molecule has 0 bridgehead atoms. The number of hydrogen-bond donors (Lipinski definition) is 2. The predicted octanol–water partition coefficient (Wildman–Crippen LogP) is 3.40. The minimum Gasteiger partial charge on any atom is -0.316 e. The predicted molar refractivity (Wildman–Crippen MR) is 102 cm³/mol. The molecule has 0 radical (unpaired) electrons. The lowest BCUT2D eigenvalue weighted by Gasteiger charge is -2.27. The van der Waals surface area contributed by atoms with Crippen LogP contribution in [0.1, 0.15) is 42.3 Å². The van der Waals surface area contributed by atoms with Gasteiger partial charge in [-0.3, -0.25) is 4.79 Å². The smallest absolute Gasteiger partial charge is 0.226 e. The van der Waals surface area contributed by atoms with E-state index in [1.54, 1.807) is 0 Å². The van der Waals surface area contributed by atoms with Gasteiger partial charge in [-0.2, -0.15) is 0 Å². The van der Waals surface area contributed by atoms with Crippen molar-refractivity contribution in [2.75, 3.05) is 18.4 Å². The van der Waals surface area contributed by atoms with Gasteiger partial charge in [0, 0.05) is 12.8 Å². The molecule has 1 aromatic carbocycles. The van der Waals surface area contributed by atoms with E-state index in [1.807, 2.05) is 0 Å². The molecule has 2 N–H and O–H groups in total. The molecule has 2 atom stereocenters. The van der Waals surface area contributed by atoms with Crippen molar-refractivity contribution < 1.29 is 4.79 Å². The zero-order valence-electron chi connectivity index (χ0n) is 14.9. The van der Waals surface area contributed by atoms with Gasteiger partial charge in [-0.1, -0.05) is 48.1 Å². The molecule has 1 saturated heterocycles. The summed E-state index contributed by atoms with van der Waals surface area (Å²) >= 11 is 1.46. The lowest BCUT2D eigenvalue weighted by atomic mass is 9.85. The molecule has 1 aromatic heterocycles. The number of benzene rings is 1. The van der Waals surface area contributed by atoms with E-state index in [9.17, 15) is 4.79 Å². The second kappa shape index (κ2) is 8.54. The molecule has 6 heteroatoms. The zero-order valence-corrected chi connectivity index (χ0v) is 15.7. The number of carbonyl (C=O) groups excluding carboxylic acids is 1. The van der Waals surface area contributed by atoms with Crippen LogP contribution in [-0.2, 0) is 11.2 Å². The lowest BCUT2D eigenvalue weighted by molar-refractivity contribution is -0.117. The number of nitrogens with zero attached hydrogens (tertiary/aromatic N) is 2. The maximum atomic E-state index is 12.3. The molecule has 2 unspecified atom stereocenters. The Labute approximate surface area is 153 Å². The average Bonchev–Trinajstić information content (AvgIpc) is 3.04. The van der Waals surface area contributed by atoms with E-state index < -0.39 is 0 Å². The fourth-order valence-electron chi connectivity index (χ4n) is 3.25. The van der Waals surface area contributed by atoms with Crippen LogP contribution >= 0.6 is 11.3 Å². The van der Waals surface area contributed by atoms with Crippen molar-refractivity contribution in [1.29, 1.82) is 0 Å². The van der Waals surface area contributed by atoms with Gasteiger partial charge in [-0.15, -0.1) is 10.2 Å². The fourth-order valence-corrected chi connectivity index (χ4v) is 4.04. The van der Waals surface area contributed by atoms with Crippen LogP contribution in [0.4, 0.5) is 5.13 Å². The Morgan fingerprint density at radius 1 is 1.36 bits per heavy atom. The maximum absolute atomic E-state index is 12.3. The summed E-state index contributed by atoms with van der Waals surface area (Å²) in [6, 6.07) is 8.41. The van der Waals surface area contributed by atoms with Crippen molar-refractivity contribution in [3.63, 3.8) is 0 Å². The van der Waals surface area contributed by atoms with Crippen LogP contribution in [-0.4, -0.2) is 29.2 Å². The number of carbonyl (C=O) groups is 1. The molecule has 3 rings (SSSR count). The van der Waals surface area contributed by atoms with Crippen LogP contribution < -0.4 is 10.6 Å². The van der Waals surface area contributed by atoms with Gasteiger partial charge < -0.3 is 10.6 Å².